The van der Waals surface area contributed by atoms with E-state index in [1.807, 2.05) is 25.1 Å². The lowest BCUT2D eigenvalue weighted by atomic mass is 10.1. The van der Waals surface area contributed by atoms with E-state index in [0.717, 1.165) is 23.2 Å². The van der Waals surface area contributed by atoms with Crippen LogP contribution in [0.2, 0.25) is 5.02 Å². The monoisotopic (exact) mass is 384 g/mol. The van der Waals surface area contributed by atoms with Crippen molar-refractivity contribution in [2.45, 2.75) is 20.3 Å². The van der Waals surface area contributed by atoms with E-state index < -0.39 is 11.7 Å². The van der Waals surface area contributed by atoms with Gasteiger partial charge in [0.15, 0.2) is 0 Å². The number of carbonyl (C=O) groups excluding carboxylic acids is 1. The van der Waals surface area contributed by atoms with Crippen molar-refractivity contribution >= 4 is 34.8 Å². The Labute approximate surface area is 161 Å². The van der Waals surface area contributed by atoms with Gasteiger partial charge in [-0.25, -0.2) is 14.4 Å². The molecular weight excluding hydrogens is 367 g/mol. The summed E-state index contributed by atoms with van der Waals surface area (Å²) >= 11 is 5.72. The number of aryl methyl sites for hydroxylation is 2. The number of rotatable bonds is 5. The fraction of sp³-hybridized carbons (Fsp3) is 0.150. The summed E-state index contributed by atoms with van der Waals surface area (Å²) in [6.45, 7) is 4.09. The third-order valence-electron chi connectivity index (χ3n) is 4.07. The summed E-state index contributed by atoms with van der Waals surface area (Å²) in [6, 6.07) is 10.0. The van der Waals surface area contributed by atoms with Crippen LogP contribution >= 0.6 is 11.6 Å². The first-order valence-electron chi connectivity index (χ1n) is 8.42. The van der Waals surface area contributed by atoms with Crippen molar-refractivity contribution in [1.29, 1.82) is 0 Å². The molecular formula is C20H18ClFN4O. The van der Waals surface area contributed by atoms with Crippen LogP contribution < -0.4 is 10.6 Å². The molecule has 0 saturated carbocycles. The Bertz CT molecular complexity index is 976. The van der Waals surface area contributed by atoms with Gasteiger partial charge in [-0.1, -0.05) is 36.7 Å². The Morgan fingerprint density at radius 3 is 2.59 bits per heavy atom. The Kier molecular flexibility index (Phi) is 5.66. The smallest absolute Gasteiger partial charge is 0.258 e. The molecule has 27 heavy (non-hydrogen) atoms. The fourth-order valence-electron chi connectivity index (χ4n) is 2.60. The zero-order chi connectivity index (χ0) is 19.4. The number of nitrogens with one attached hydrogen (secondary N) is 2. The number of nitrogens with zero attached hydrogens (tertiary/aromatic N) is 2. The second-order valence-electron chi connectivity index (χ2n) is 5.97. The molecule has 0 spiro atoms. The van der Waals surface area contributed by atoms with Crippen molar-refractivity contribution in [2.24, 2.45) is 0 Å². The summed E-state index contributed by atoms with van der Waals surface area (Å²) in [7, 11) is 0. The van der Waals surface area contributed by atoms with E-state index in [-0.39, 0.29) is 10.6 Å². The maximum atomic E-state index is 13.2. The van der Waals surface area contributed by atoms with Gasteiger partial charge in [-0.05, 0) is 42.7 Å². The predicted molar refractivity (Wildman–Crippen MR) is 105 cm³/mol. The molecule has 0 fully saturated rings. The van der Waals surface area contributed by atoms with Gasteiger partial charge in [-0.15, -0.1) is 0 Å². The van der Waals surface area contributed by atoms with Crippen molar-refractivity contribution in [3.8, 4) is 0 Å². The molecule has 0 unspecified atom stereocenters. The van der Waals surface area contributed by atoms with Crippen LogP contribution in [0.15, 0.2) is 48.8 Å². The van der Waals surface area contributed by atoms with Crippen LogP contribution in [0.3, 0.4) is 0 Å². The van der Waals surface area contributed by atoms with Gasteiger partial charge in [-0.2, -0.15) is 0 Å². The molecule has 138 valence electrons. The van der Waals surface area contributed by atoms with Crippen LogP contribution in [0, 0.1) is 12.7 Å². The molecule has 1 heterocycles. The molecule has 0 aliphatic heterocycles. The first-order chi connectivity index (χ1) is 13.0. The first kappa shape index (κ1) is 18.8. The molecule has 0 bridgehead atoms. The molecule has 1 amide bonds. The number of hydrogen-bond acceptors (Lipinski definition) is 4. The second-order valence-corrected chi connectivity index (χ2v) is 6.37. The topological polar surface area (TPSA) is 66.9 Å². The maximum Gasteiger partial charge on any atom is 0.258 e. The average molecular weight is 385 g/mol. The number of halogens is 2. The number of carbonyl (C=O) groups is 1. The Balaban J connectivity index is 1.73. The van der Waals surface area contributed by atoms with Crippen LogP contribution in [-0.4, -0.2) is 15.9 Å². The Morgan fingerprint density at radius 1 is 1.19 bits per heavy atom. The summed E-state index contributed by atoms with van der Waals surface area (Å²) in [5.74, 6) is -0.550. The molecule has 0 atom stereocenters. The zero-order valence-corrected chi connectivity index (χ0v) is 15.6. The van der Waals surface area contributed by atoms with E-state index in [4.69, 9.17) is 11.6 Å². The predicted octanol–water partition coefficient (Wildman–Crippen LogP) is 5.14. The number of aromatic nitrogens is 2. The lowest BCUT2D eigenvalue weighted by Gasteiger charge is -2.13. The van der Waals surface area contributed by atoms with Crippen LogP contribution in [-0.2, 0) is 6.42 Å². The van der Waals surface area contributed by atoms with E-state index in [2.05, 4.69) is 27.5 Å². The number of para-hydroxylation sites is 1. The molecule has 7 heteroatoms. The molecule has 3 aromatic rings. The number of anilines is 3. The van der Waals surface area contributed by atoms with Crippen molar-refractivity contribution in [2.75, 3.05) is 10.6 Å². The van der Waals surface area contributed by atoms with E-state index >= 15 is 0 Å². The van der Waals surface area contributed by atoms with Crippen molar-refractivity contribution in [1.82, 2.24) is 9.97 Å². The highest BCUT2D eigenvalue weighted by Crippen LogP contribution is 2.24. The van der Waals surface area contributed by atoms with Gasteiger partial charge < -0.3 is 10.6 Å². The lowest BCUT2D eigenvalue weighted by molar-refractivity contribution is 0.102. The quantitative estimate of drug-likeness (QED) is 0.639. The maximum absolute atomic E-state index is 13.2. The second kappa shape index (κ2) is 8.14. The van der Waals surface area contributed by atoms with Crippen molar-refractivity contribution in [3.05, 3.63) is 76.3 Å². The molecule has 0 aliphatic rings. The van der Waals surface area contributed by atoms with Crippen LogP contribution in [0.25, 0.3) is 0 Å². The van der Waals surface area contributed by atoms with Crippen LogP contribution in [0.1, 0.15) is 28.4 Å². The molecule has 0 saturated heterocycles. The highest BCUT2D eigenvalue weighted by molar-refractivity contribution is 6.31. The van der Waals surface area contributed by atoms with Crippen LogP contribution in [0.5, 0.6) is 0 Å². The normalized spacial score (nSPS) is 10.5. The van der Waals surface area contributed by atoms with Gasteiger partial charge in [0, 0.05) is 23.8 Å². The van der Waals surface area contributed by atoms with Gasteiger partial charge in [0.05, 0.1) is 10.6 Å². The molecule has 2 aromatic carbocycles. The lowest BCUT2D eigenvalue weighted by Crippen LogP contribution is -2.13. The summed E-state index contributed by atoms with van der Waals surface area (Å²) < 4.78 is 13.2. The van der Waals surface area contributed by atoms with Crippen molar-refractivity contribution < 1.29 is 9.18 Å². The molecule has 0 aliphatic carbocycles. The van der Waals surface area contributed by atoms with Crippen molar-refractivity contribution in [3.63, 3.8) is 0 Å². The molecule has 3 rings (SSSR count). The minimum absolute atomic E-state index is 0.0615. The van der Waals surface area contributed by atoms with E-state index in [1.54, 1.807) is 0 Å². The highest BCUT2D eigenvalue weighted by atomic mass is 35.5. The summed E-state index contributed by atoms with van der Waals surface area (Å²) in [6.07, 6.45) is 3.74. The number of benzene rings is 2. The third kappa shape index (κ3) is 4.41. The number of hydrogen-bond donors (Lipinski definition) is 2. The number of amides is 1. The minimum atomic E-state index is -0.545. The molecule has 1 aromatic heterocycles. The van der Waals surface area contributed by atoms with Gasteiger partial charge in [-0.3, -0.25) is 4.79 Å². The van der Waals surface area contributed by atoms with Gasteiger partial charge in [0.25, 0.3) is 5.91 Å². The SMILES string of the molecule is CCc1cccc(C)c1Nc1ncc(C(=O)Nc2ccc(F)c(Cl)c2)cn1. The van der Waals surface area contributed by atoms with Gasteiger partial charge in [0.1, 0.15) is 5.82 Å². The molecule has 0 radical (unpaired) electrons. The van der Waals surface area contributed by atoms with Gasteiger partial charge in [0.2, 0.25) is 5.95 Å². The van der Waals surface area contributed by atoms with E-state index in [0.29, 0.717) is 11.6 Å². The van der Waals surface area contributed by atoms with Crippen LogP contribution in [0.4, 0.5) is 21.7 Å². The molecule has 5 nitrogen and oxygen atoms in total. The minimum Gasteiger partial charge on any atom is -0.324 e. The summed E-state index contributed by atoms with van der Waals surface area (Å²) in [4.78, 5) is 20.7. The van der Waals surface area contributed by atoms with Gasteiger partial charge >= 0.3 is 0 Å². The average Bonchev–Trinajstić information content (AvgIpc) is 2.67. The molecule has 2 N–H and O–H groups in total. The fourth-order valence-corrected chi connectivity index (χ4v) is 2.78. The van der Waals surface area contributed by atoms with E-state index in [9.17, 15) is 9.18 Å². The largest absolute Gasteiger partial charge is 0.324 e. The standard InChI is InChI=1S/C20H18ClFN4O/c1-3-13-6-4-5-12(2)18(13)26-20-23-10-14(11-24-20)19(27)25-15-7-8-17(22)16(21)9-15/h4-11H,3H2,1-2H3,(H,25,27)(H,23,24,26). The Morgan fingerprint density at radius 2 is 1.93 bits per heavy atom. The Hall–Kier alpha value is -2.99. The third-order valence-corrected chi connectivity index (χ3v) is 4.36. The summed E-state index contributed by atoms with van der Waals surface area (Å²) in [5, 5.41) is 5.78. The zero-order valence-electron chi connectivity index (χ0n) is 14.9. The first-order valence-corrected chi connectivity index (χ1v) is 8.79. The summed E-state index contributed by atoms with van der Waals surface area (Å²) in [5.41, 5.74) is 3.89. The van der Waals surface area contributed by atoms with E-state index in [1.165, 1.54) is 30.6 Å². The highest BCUT2D eigenvalue weighted by Gasteiger charge is 2.11.